The number of amidine groups is 1. The highest BCUT2D eigenvalue weighted by Crippen LogP contribution is 2.26. The highest BCUT2D eigenvalue weighted by Gasteiger charge is 2.34. The largest absolute Gasteiger partial charge is 0.508 e. The maximum absolute atomic E-state index is 12.3. The SMILES string of the molecule is Cl.NC(=NCc1ccc(O)cc1)[C@@H]1CCC(=O)N1Cc1ccccc1[N+](=O)[O-]. The van der Waals surface area contributed by atoms with Crippen molar-refractivity contribution in [3.8, 4) is 5.75 Å². The lowest BCUT2D eigenvalue weighted by Crippen LogP contribution is -2.42. The Bertz CT molecular complexity index is 886. The van der Waals surface area contributed by atoms with Crippen LogP contribution in [0.3, 0.4) is 0 Å². The van der Waals surface area contributed by atoms with Gasteiger partial charge in [0.05, 0.1) is 24.1 Å². The van der Waals surface area contributed by atoms with Crippen LogP contribution in [0, 0.1) is 10.1 Å². The third-order valence-electron chi connectivity index (χ3n) is 4.58. The van der Waals surface area contributed by atoms with Gasteiger partial charge in [-0.1, -0.05) is 30.3 Å². The molecule has 2 aromatic carbocycles. The van der Waals surface area contributed by atoms with Gasteiger partial charge in [0.2, 0.25) is 5.91 Å². The second-order valence-electron chi connectivity index (χ2n) is 6.37. The summed E-state index contributed by atoms with van der Waals surface area (Å²) in [5, 5.41) is 20.5. The molecule has 1 saturated heterocycles. The van der Waals surface area contributed by atoms with Crippen molar-refractivity contribution in [2.75, 3.05) is 0 Å². The van der Waals surface area contributed by atoms with Crippen molar-refractivity contribution >= 4 is 29.8 Å². The summed E-state index contributed by atoms with van der Waals surface area (Å²) in [4.78, 5) is 29.0. The third kappa shape index (κ3) is 4.77. The van der Waals surface area contributed by atoms with E-state index in [4.69, 9.17) is 5.73 Å². The van der Waals surface area contributed by atoms with E-state index in [1.165, 1.54) is 6.07 Å². The number of aromatic hydroxyl groups is 1. The Morgan fingerprint density at radius 3 is 2.61 bits per heavy atom. The van der Waals surface area contributed by atoms with Gasteiger partial charge >= 0.3 is 0 Å². The minimum atomic E-state index is -0.451. The summed E-state index contributed by atoms with van der Waals surface area (Å²) in [6.07, 6.45) is 0.866. The number of nitrogens with zero attached hydrogens (tertiary/aromatic N) is 3. The molecule has 0 bridgehead atoms. The highest BCUT2D eigenvalue weighted by atomic mass is 35.5. The summed E-state index contributed by atoms with van der Waals surface area (Å²) >= 11 is 0. The van der Waals surface area contributed by atoms with Crippen LogP contribution in [-0.4, -0.2) is 32.7 Å². The van der Waals surface area contributed by atoms with Crippen LogP contribution in [-0.2, 0) is 17.9 Å². The van der Waals surface area contributed by atoms with Gasteiger partial charge in [-0.3, -0.25) is 19.9 Å². The Morgan fingerprint density at radius 1 is 1.25 bits per heavy atom. The minimum absolute atomic E-state index is 0. The number of aliphatic imine (C=N–C) groups is 1. The van der Waals surface area contributed by atoms with Crippen LogP contribution >= 0.6 is 12.4 Å². The van der Waals surface area contributed by atoms with Crippen molar-refractivity contribution in [1.82, 2.24) is 4.90 Å². The lowest BCUT2D eigenvalue weighted by molar-refractivity contribution is -0.385. The van der Waals surface area contributed by atoms with E-state index in [2.05, 4.69) is 4.99 Å². The number of para-hydroxylation sites is 1. The first-order valence-electron chi connectivity index (χ1n) is 8.55. The summed E-state index contributed by atoms with van der Waals surface area (Å²) in [6.45, 7) is 0.451. The van der Waals surface area contributed by atoms with Crippen LogP contribution in [0.1, 0.15) is 24.0 Å². The Kier molecular flexibility index (Phi) is 6.94. The number of hydrogen-bond acceptors (Lipinski definition) is 5. The zero-order chi connectivity index (χ0) is 19.4. The van der Waals surface area contributed by atoms with Gasteiger partial charge in [0.25, 0.3) is 5.69 Å². The molecule has 9 heteroatoms. The Hall–Kier alpha value is -3.13. The molecule has 0 radical (unpaired) electrons. The number of nitro benzene ring substituents is 1. The molecule has 8 nitrogen and oxygen atoms in total. The number of likely N-dealkylation sites (tertiary alicyclic amines) is 1. The van der Waals surface area contributed by atoms with Crippen molar-refractivity contribution in [2.24, 2.45) is 10.7 Å². The summed E-state index contributed by atoms with van der Waals surface area (Å²) in [5.41, 5.74) is 7.46. The van der Waals surface area contributed by atoms with E-state index in [9.17, 15) is 20.0 Å². The molecule has 0 aliphatic carbocycles. The van der Waals surface area contributed by atoms with Gasteiger partial charge in [-0.25, -0.2) is 0 Å². The van der Waals surface area contributed by atoms with Crippen molar-refractivity contribution in [2.45, 2.75) is 32.0 Å². The molecule has 1 atom stereocenters. The van der Waals surface area contributed by atoms with E-state index in [-0.39, 0.29) is 42.3 Å². The molecule has 0 unspecified atom stereocenters. The molecule has 2 aromatic rings. The van der Waals surface area contributed by atoms with Crippen LogP contribution in [0.2, 0.25) is 0 Å². The first-order valence-corrected chi connectivity index (χ1v) is 8.55. The fraction of sp³-hybridized carbons (Fsp3) is 0.263. The minimum Gasteiger partial charge on any atom is -0.508 e. The predicted molar refractivity (Wildman–Crippen MR) is 107 cm³/mol. The fourth-order valence-electron chi connectivity index (χ4n) is 3.13. The lowest BCUT2D eigenvalue weighted by atomic mass is 10.1. The summed E-state index contributed by atoms with van der Waals surface area (Å²) in [5.74, 6) is 0.404. The van der Waals surface area contributed by atoms with Gasteiger partial charge in [-0.15, -0.1) is 12.4 Å². The van der Waals surface area contributed by atoms with Crippen molar-refractivity contribution in [3.63, 3.8) is 0 Å². The van der Waals surface area contributed by atoms with Crippen LogP contribution in [0.5, 0.6) is 5.75 Å². The van der Waals surface area contributed by atoms with Crippen molar-refractivity contribution < 1.29 is 14.8 Å². The van der Waals surface area contributed by atoms with Crippen LogP contribution in [0.15, 0.2) is 53.5 Å². The van der Waals surface area contributed by atoms with Gasteiger partial charge < -0.3 is 15.7 Å². The van der Waals surface area contributed by atoms with E-state index < -0.39 is 4.92 Å². The molecule has 1 heterocycles. The maximum Gasteiger partial charge on any atom is 0.274 e. The van der Waals surface area contributed by atoms with E-state index in [0.29, 0.717) is 30.8 Å². The number of rotatable bonds is 6. The molecule has 1 amide bonds. The second-order valence-corrected chi connectivity index (χ2v) is 6.37. The summed E-state index contributed by atoms with van der Waals surface area (Å²) in [7, 11) is 0. The number of carbonyl (C=O) groups is 1. The number of carbonyl (C=O) groups excluding carboxylic acids is 1. The van der Waals surface area contributed by atoms with Crippen LogP contribution < -0.4 is 5.73 Å². The average Bonchev–Trinajstić information content (AvgIpc) is 3.02. The van der Waals surface area contributed by atoms with Crippen LogP contribution in [0.25, 0.3) is 0 Å². The zero-order valence-electron chi connectivity index (χ0n) is 15.0. The van der Waals surface area contributed by atoms with Gasteiger partial charge in [0.1, 0.15) is 11.6 Å². The summed E-state index contributed by atoms with van der Waals surface area (Å²) < 4.78 is 0. The molecule has 1 fully saturated rings. The molecule has 0 saturated carbocycles. The molecule has 148 valence electrons. The monoisotopic (exact) mass is 404 g/mol. The quantitative estimate of drug-likeness (QED) is 0.331. The number of phenols is 1. The average molecular weight is 405 g/mol. The number of nitrogens with two attached hydrogens (primary N) is 1. The van der Waals surface area contributed by atoms with E-state index in [1.54, 1.807) is 47.4 Å². The number of halogens is 1. The van der Waals surface area contributed by atoms with Crippen molar-refractivity contribution in [1.29, 1.82) is 0 Å². The normalized spacial score (nSPS) is 16.7. The first kappa shape index (κ1) is 21.2. The second kappa shape index (κ2) is 9.18. The number of hydrogen-bond donors (Lipinski definition) is 2. The molecule has 3 rings (SSSR count). The molecule has 0 aromatic heterocycles. The lowest BCUT2D eigenvalue weighted by Gasteiger charge is -2.24. The van der Waals surface area contributed by atoms with Crippen LogP contribution in [0.4, 0.5) is 5.69 Å². The smallest absolute Gasteiger partial charge is 0.274 e. The van der Waals surface area contributed by atoms with Gasteiger partial charge in [0, 0.05) is 18.1 Å². The molecular formula is C19H21ClN4O4. The van der Waals surface area contributed by atoms with E-state index in [1.807, 2.05) is 0 Å². The molecule has 1 aliphatic rings. The Labute approximate surface area is 168 Å². The molecule has 3 N–H and O–H groups in total. The van der Waals surface area contributed by atoms with E-state index in [0.717, 1.165) is 5.56 Å². The van der Waals surface area contributed by atoms with E-state index >= 15 is 0 Å². The summed E-state index contributed by atoms with van der Waals surface area (Å²) in [6, 6.07) is 12.6. The highest BCUT2D eigenvalue weighted by molar-refractivity contribution is 5.93. The Balaban J connectivity index is 0.00000280. The van der Waals surface area contributed by atoms with Crippen molar-refractivity contribution in [3.05, 3.63) is 69.8 Å². The van der Waals surface area contributed by atoms with Gasteiger partial charge in [-0.2, -0.15) is 0 Å². The number of nitro groups is 1. The van der Waals surface area contributed by atoms with Gasteiger partial charge in [0.15, 0.2) is 0 Å². The number of benzene rings is 2. The zero-order valence-corrected chi connectivity index (χ0v) is 15.8. The first-order chi connectivity index (χ1) is 13.0. The predicted octanol–water partition coefficient (Wildman–Crippen LogP) is 2.77. The molecular weight excluding hydrogens is 384 g/mol. The maximum atomic E-state index is 12.3. The van der Waals surface area contributed by atoms with Gasteiger partial charge in [-0.05, 0) is 24.1 Å². The fourth-order valence-corrected chi connectivity index (χ4v) is 3.13. The Morgan fingerprint density at radius 2 is 1.93 bits per heavy atom. The standard InChI is InChI=1S/C19H20N4O4.ClH/c20-19(21-11-13-5-7-15(24)8-6-13)17-9-10-18(25)22(17)12-14-3-1-2-4-16(14)23(26)27;/h1-8,17,24H,9-12H2,(H2,20,21);1H/t17-;/m0./s1. The number of phenolic OH excluding ortho intramolecular Hbond substituents is 1. The number of amides is 1. The third-order valence-corrected chi connectivity index (χ3v) is 4.58. The molecule has 28 heavy (non-hydrogen) atoms. The molecule has 1 aliphatic heterocycles. The molecule has 0 spiro atoms. The topological polar surface area (TPSA) is 122 Å².